The number of carbonyl (C=O) groups excluding carboxylic acids is 3. The molecule has 0 fully saturated rings. The lowest BCUT2D eigenvalue weighted by Gasteiger charge is -2.13. The molecule has 0 saturated heterocycles. The summed E-state index contributed by atoms with van der Waals surface area (Å²) in [4.78, 5) is 42.2. The SMILES string of the molecule is [B]C(=O)NCC(CC(=O)O)SOOO.[B]C(=O)NCC(CC(=O)OCC)SOOO. The number of nitrogens with one attached hydrogen (secondary N) is 2. The van der Waals surface area contributed by atoms with Crippen molar-refractivity contribution in [2.75, 3.05) is 19.7 Å². The molecule has 0 aromatic carbocycles. The second kappa shape index (κ2) is 20.7. The van der Waals surface area contributed by atoms with Crippen LogP contribution in [0.2, 0.25) is 0 Å². The standard InChI is InChI=1S/C7H12BNO6S.C5H8BNO6S/c1-2-13-6(10)3-5(16-15-14-12)4-9-7(8)11;6-5(10)7-2-3(1-4(8)9)14-13-12-11/h5,12H,2-4H2,1H3,(H,9,11);3,11H,1-2H2,(H,7,10)(H,8,9). The minimum absolute atomic E-state index is 0.00431. The van der Waals surface area contributed by atoms with E-state index < -0.39 is 34.1 Å². The topological polar surface area (TPSA) is 199 Å². The summed E-state index contributed by atoms with van der Waals surface area (Å²) in [6.45, 7) is 2.02. The minimum atomic E-state index is -1.07. The second-order valence-electron chi connectivity index (χ2n) is 4.82. The zero-order valence-electron chi connectivity index (χ0n) is 15.7. The maximum absolute atomic E-state index is 11.1. The number of ether oxygens (including phenoxy) is 1. The first-order valence-corrected chi connectivity index (χ1v) is 9.48. The van der Waals surface area contributed by atoms with Crippen LogP contribution in [0.4, 0.5) is 9.59 Å². The number of hydrogen-bond donors (Lipinski definition) is 5. The molecule has 5 N–H and O–H groups in total. The Labute approximate surface area is 182 Å². The minimum Gasteiger partial charge on any atom is -0.481 e. The largest absolute Gasteiger partial charge is 0.481 e. The lowest BCUT2D eigenvalue weighted by molar-refractivity contribution is -0.432. The second-order valence-corrected chi connectivity index (χ2v) is 6.81. The van der Waals surface area contributed by atoms with E-state index in [0.717, 1.165) is 0 Å². The predicted molar refractivity (Wildman–Crippen MR) is 104 cm³/mol. The van der Waals surface area contributed by atoms with Crippen molar-refractivity contribution in [3.63, 3.8) is 0 Å². The number of rotatable bonds is 15. The van der Waals surface area contributed by atoms with Gasteiger partial charge in [0, 0.05) is 37.2 Å². The Hall–Kier alpha value is -1.53. The van der Waals surface area contributed by atoms with Crippen molar-refractivity contribution >= 4 is 63.3 Å². The maximum Gasteiger partial charge on any atom is 0.307 e. The highest BCUT2D eigenvalue weighted by atomic mass is 32.2. The van der Waals surface area contributed by atoms with Gasteiger partial charge in [-0.3, -0.25) is 19.2 Å². The molecule has 0 spiro atoms. The summed E-state index contributed by atoms with van der Waals surface area (Å²) in [5, 5.41) is 34.3. The van der Waals surface area contributed by atoms with Gasteiger partial charge in [-0.2, -0.15) is 0 Å². The molecule has 0 aliphatic carbocycles. The number of carbonyl (C=O) groups is 4. The van der Waals surface area contributed by atoms with E-state index in [1.165, 1.54) is 0 Å². The van der Waals surface area contributed by atoms with Crippen molar-refractivity contribution in [1.29, 1.82) is 0 Å². The third-order valence-corrected chi connectivity index (χ3v) is 4.01. The van der Waals surface area contributed by atoms with Crippen molar-refractivity contribution in [2.45, 2.75) is 30.3 Å². The summed E-state index contributed by atoms with van der Waals surface area (Å²) in [5.41, 5.74) is 0. The van der Waals surface area contributed by atoms with Gasteiger partial charge in [0.1, 0.15) is 0 Å². The van der Waals surface area contributed by atoms with Crippen LogP contribution in [0.25, 0.3) is 0 Å². The van der Waals surface area contributed by atoms with Crippen molar-refractivity contribution in [1.82, 2.24) is 10.6 Å². The third kappa shape index (κ3) is 22.8. The predicted octanol–water partition coefficient (Wildman–Crippen LogP) is 0.0329. The highest BCUT2D eigenvalue weighted by Gasteiger charge is 2.17. The van der Waals surface area contributed by atoms with Crippen LogP contribution in [-0.2, 0) is 33.1 Å². The van der Waals surface area contributed by atoms with Gasteiger partial charge in [-0.15, -0.1) is 8.67 Å². The van der Waals surface area contributed by atoms with Crippen LogP contribution in [-0.4, -0.2) is 85.1 Å². The average molecular weight is 470 g/mol. The summed E-state index contributed by atoms with van der Waals surface area (Å²) in [6.07, 6.45) is -0.281. The van der Waals surface area contributed by atoms with Gasteiger partial charge in [-0.05, 0) is 6.92 Å². The molecule has 4 radical (unpaired) electrons. The first-order chi connectivity index (χ1) is 14.2. The summed E-state index contributed by atoms with van der Waals surface area (Å²) < 4.78 is 12.9. The number of carboxylic acids is 1. The molecular weight excluding hydrogens is 450 g/mol. The molecule has 0 rings (SSSR count). The Morgan fingerprint density at radius 2 is 1.33 bits per heavy atom. The fourth-order valence-electron chi connectivity index (χ4n) is 1.46. The molecule has 2 unspecified atom stereocenters. The maximum atomic E-state index is 11.1. The van der Waals surface area contributed by atoms with Crippen molar-refractivity contribution in [3.8, 4) is 0 Å². The van der Waals surface area contributed by atoms with Gasteiger partial charge in [0.05, 0.1) is 29.9 Å². The van der Waals surface area contributed by atoms with Crippen LogP contribution < -0.4 is 10.6 Å². The monoisotopic (exact) mass is 470 g/mol. The Bertz CT molecular complexity index is 520. The van der Waals surface area contributed by atoms with E-state index in [0.29, 0.717) is 24.1 Å². The normalized spacial score (nSPS) is 12.0. The van der Waals surface area contributed by atoms with Gasteiger partial charge in [0.25, 0.3) is 0 Å². The Morgan fingerprint density at radius 3 is 1.67 bits per heavy atom. The quantitative estimate of drug-likeness (QED) is 0.0706. The molecular formula is C12H20B2N2O12S2. The van der Waals surface area contributed by atoms with Crippen LogP contribution in [0.1, 0.15) is 19.8 Å². The fourth-order valence-corrected chi connectivity index (χ4v) is 2.47. The summed E-state index contributed by atoms with van der Waals surface area (Å²) >= 11 is 1.24. The van der Waals surface area contributed by atoms with E-state index in [1.54, 1.807) is 6.92 Å². The molecule has 0 bridgehead atoms. The van der Waals surface area contributed by atoms with Gasteiger partial charge in [-0.1, -0.05) is 10.1 Å². The highest BCUT2D eigenvalue weighted by Crippen LogP contribution is 2.16. The zero-order chi connectivity index (χ0) is 23.4. The number of hydrogen-bond acceptors (Lipinski definition) is 13. The van der Waals surface area contributed by atoms with Crippen LogP contribution >= 0.6 is 24.1 Å². The lowest BCUT2D eigenvalue weighted by atomic mass is 10.1. The molecule has 14 nitrogen and oxygen atoms in total. The Balaban J connectivity index is 0. The molecule has 0 aromatic heterocycles. The van der Waals surface area contributed by atoms with E-state index in [4.69, 9.17) is 36.1 Å². The average Bonchev–Trinajstić information content (AvgIpc) is 2.66. The molecule has 2 atom stereocenters. The van der Waals surface area contributed by atoms with Gasteiger partial charge in [0.15, 0.2) is 27.3 Å². The lowest BCUT2D eigenvalue weighted by Crippen LogP contribution is -2.31. The van der Waals surface area contributed by atoms with E-state index in [-0.39, 0.29) is 32.5 Å². The molecule has 2 amide bonds. The van der Waals surface area contributed by atoms with E-state index >= 15 is 0 Å². The molecule has 0 aliphatic rings. The molecule has 0 saturated carbocycles. The first-order valence-electron chi connectivity index (χ1n) is 7.87. The number of aliphatic carboxylic acids is 1. The van der Waals surface area contributed by atoms with Crippen LogP contribution in [0, 0.1) is 0 Å². The van der Waals surface area contributed by atoms with E-state index in [1.807, 2.05) is 0 Å². The van der Waals surface area contributed by atoms with Crippen LogP contribution in [0.3, 0.4) is 0 Å². The van der Waals surface area contributed by atoms with Gasteiger partial charge >= 0.3 is 11.9 Å². The fraction of sp³-hybridized carbons (Fsp3) is 0.667. The van der Waals surface area contributed by atoms with Crippen LogP contribution in [0.5, 0.6) is 0 Å². The van der Waals surface area contributed by atoms with Gasteiger partial charge in [-0.25, -0.2) is 10.5 Å². The summed E-state index contributed by atoms with van der Waals surface area (Å²) in [5.74, 6) is -3.02. The smallest absolute Gasteiger partial charge is 0.307 e. The molecule has 30 heavy (non-hydrogen) atoms. The number of amides is 2. The van der Waals surface area contributed by atoms with E-state index in [9.17, 15) is 19.2 Å². The molecule has 168 valence electrons. The number of esters is 1. The van der Waals surface area contributed by atoms with Crippen molar-refractivity contribution < 1.29 is 58.3 Å². The molecule has 0 aliphatic heterocycles. The summed E-state index contributed by atoms with van der Waals surface area (Å²) in [7, 11) is 9.63. The molecule has 18 heteroatoms. The molecule has 0 aromatic rings. The van der Waals surface area contributed by atoms with Gasteiger partial charge < -0.3 is 20.5 Å². The van der Waals surface area contributed by atoms with Gasteiger partial charge in [0.2, 0.25) is 0 Å². The summed E-state index contributed by atoms with van der Waals surface area (Å²) in [6, 6.07) is 0. The highest BCUT2D eigenvalue weighted by molar-refractivity contribution is 7.95. The van der Waals surface area contributed by atoms with Crippen LogP contribution in [0.15, 0.2) is 0 Å². The zero-order valence-corrected chi connectivity index (χ0v) is 17.3. The molecule has 0 heterocycles. The first kappa shape index (κ1) is 30.7. The van der Waals surface area contributed by atoms with E-state index in [2.05, 4.69) is 29.4 Å². The Kier molecular flexibility index (Phi) is 21.2. The van der Waals surface area contributed by atoms with Crippen molar-refractivity contribution in [2.24, 2.45) is 0 Å². The third-order valence-electron chi connectivity index (χ3n) is 2.52. The Morgan fingerprint density at radius 1 is 0.900 bits per heavy atom. The van der Waals surface area contributed by atoms with Crippen molar-refractivity contribution in [3.05, 3.63) is 0 Å². The number of carboxylic acid groups (broad SMARTS) is 1.